The molecule has 2 aromatic rings. The van der Waals surface area contributed by atoms with Gasteiger partial charge in [0.1, 0.15) is 5.76 Å². The highest BCUT2D eigenvalue weighted by atomic mass is 127. The molecule has 0 amide bonds. The second-order valence-electron chi connectivity index (χ2n) is 7.23. The van der Waals surface area contributed by atoms with Crippen molar-refractivity contribution in [2.75, 3.05) is 57.8 Å². The zero-order valence-electron chi connectivity index (χ0n) is 16.9. The molecule has 8 nitrogen and oxygen atoms in total. The molecule has 0 bridgehead atoms. The van der Waals surface area contributed by atoms with Crippen molar-refractivity contribution in [3.63, 3.8) is 0 Å². The summed E-state index contributed by atoms with van der Waals surface area (Å²) in [5.41, 5.74) is 0. The van der Waals surface area contributed by atoms with Gasteiger partial charge < -0.3 is 19.5 Å². The number of aliphatic imine (C=N–C) groups is 1. The van der Waals surface area contributed by atoms with Crippen molar-refractivity contribution in [1.82, 2.24) is 25.1 Å². The fraction of sp³-hybridized carbons (Fsp3) is 0.550. The van der Waals surface area contributed by atoms with E-state index in [1.165, 1.54) is 12.8 Å². The smallest absolute Gasteiger partial charge is 0.225 e. The molecule has 29 heavy (non-hydrogen) atoms. The van der Waals surface area contributed by atoms with Gasteiger partial charge in [0.25, 0.3) is 0 Å². The van der Waals surface area contributed by atoms with Crippen LogP contribution in [0, 0.1) is 0 Å². The highest BCUT2D eigenvalue weighted by Gasteiger charge is 2.27. The molecule has 1 atom stereocenters. The first kappa shape index (κ1) is 21.8. The number of hydrogen-bond donors (Lipinski definition) is 1. The predicted molar refractivity (Wildman–Crippen MR) is 125 cm³/mol. The SMILES string of the molecule is CN=C(NCC(c1ccco1)N1CCCC1)N1CCN(c2ncccn2)CC1.I. The number of rotatable bonds is 5. The Morgan fingerprint density at radius 2 is 1.83 bits per heavy atom. The van der Waals surface area contributed by atoms with Crippen molar-refractivity contribution in [3.8, 4) is 0 Å². The molecule has 4 rings (SSSR count). The summed E-state index contributed by atoms with van der Waals surface area (Å²) in [5.74, 6) is 2.78. The third kappa shape index (κ3) is 5.39. The Labute approximate surface area is 189 Å². The molecule has 2 aromatic heterocycles. The average Bonchev–Trinajstić information content (AvgIpc) is 3.47. The van der Waals surface area contributed by atoms with Crippen molar-refractivity contribution in [3.05, 3.63) is 42.6 Å². The Morgan fingerprint density at radius 3 is 2.45 bits per heavy atom. The summed E-state index contributed by atoms with van der Waals surface area (Å²) in [5, 5.41) is 3.58. The van der Waals surface area contributed by atoms with Crippen LogP contribution in [0.4, 0.5) is 5.95 Å². The molecular weight excluding hydrogens is 481 g/mol. The van der Waals surface area contributed by atoms with Crippen molar-refractivity contribution in [2.24, 2.45) is 4.99 Å². The summed E-state index contributed by atoms with van der Waals surface area (Å²) in [6.07, 6.45) is 7.87. The summed E-state index contributed by atoms with van der Waals surface area (Å²) in [6, 6.07) is 6.14. The first-order valence-corrected chi connectivity index (χ1v) is 10.1. The largest absolute Gasteiger partial charge is 0.468 e. The second-order valence-corrected chi connectivity index (χ2v) is 7.23. The second kappa shape index (κ2) is 10.8. The number of guanidine groups is 1. The number of nitrogens with zero attached hydrogens (tertiary/aromatic N) is 6. The average molecular weight is 511 g/mol. The Morgan fingerprint density at radius 1 is 1.10 bits per heavy atom. The van der Waals surface area contributed by atoms with Crippen molar-refractivity contribution in [1.29, 1.82) is 0 Å². The van der Waals surface area contributed by atoms with E-state index >= 15 is 0 Å². The van der Waals surface area contributed by atoms with Gasteiger partial charge in [0.15, 0.2) is 5.96 Å². The molecule has 0 spiro atoms. The topological polar surface area (TPSA) is 73.0 Å². The monoisotopic (exact) mass is 511 g/mol. The first-order valence-electron chi connectivity index (χ1n) is 10.1. The lowest BCUT2D eigenvalue weighted by Crippen LogP contribution is -2.53. The number of aromatic nitrogens is 2. The van der Waals surface area contributed by atoms with Gasteiger partial charge in [-0.15, -0.1) is 24.0 Å². The van der Waals surface area contributed by atoms with Gasteiger partial charge in [-0.25, -0.2) is 9.97 Å². The summed E-state index contributed by atoms with van der Waals surface area (Å²) < 4.78 is 5.73. The van der Waals surface area contributed by atoms with Gasteiger partial charge in [0, 0.05) is 52.2 Å². The number of furan rings is 1. The fourth-order valence-corrected chi connectivity index (χ4v) is 4.04. The molecule has 2 aliphatic heterocycles. The van der Waals surface area contributed by atoms with E-state index in [0.29, 0.717) is 0 Å². The minimum atomic E-state index is 0. The zero-order chi connectivity index (χ0) is 19.2. The van der Waals surface area contributed by atoms with E-state index in [-0.39, 0.29) is 30.0 Å². The molecule has 9 heteroatoms. The number of halogens is 1. The molecule has 0 aromatic carbocycles. The maximum Gasteiger partial charge on any atom is 0.225 e. The normalized spacial score (nSPS) is 19.1. The van der Waals surface area contributed by atoms with Crippen molar-refractivity contribution in [2.45, 2.75) is 18.9 Å². The Kier molecular flexibility index (Phi) is 8.10. The zero-order valence-corrected chi connectivity index (χ0v) is 19.2. The van der Waals surface area contributed by atoms with Crippen LogP contribution >= 0.6 is 24.0 Å². The van der Waals surface area contributed by atoms with Gasteiger partial charge >= 0.3 is 0 Å². The number of anilines is 1. The predicted octanol–water partition coefficient (Wildman–Crippen LogP) is 2.22. The highest BCUT2D eigenvalue weighted by Crippen LogP contribution is 2.25. The third-order valence-corrected chi connectivity index (χ3v) is 5.53. The minimum absolute atomic E-state index is 0. The summed E-state index contributed by atoms with van der Waals surface area (Å²) in [7, 11) is 1.85. The van der Waals surface area contributed by atoms with Crippen molar-refractivity contribution >= 4 is 35.9 Å². The van der Waals surface area contributed by atoms with Crippen molar-refractivity contribution < 1.29 is 4.42 Å². The van der Waals surface area contributed by atoms with Crippen LogP contribution in [0.1, 0.15) is 24.6 Å². The van der Waals surface area contributed by atoms with Gasteiger partial charge in [-0.3, -0.25) is 9.89 Å². The summed E-state index contributed by atoms with van der Waals surface area (Å²) >= 11 is 0. The molecule has 4 heterocycles. The van der Waals surface area contributed by atoms with E-state index in [1.807, 2.05) is 19.2 Å². The molecule has 2 aliphatic rings. The van der Waals surface area contributed by atoms with Crippen LogP contribution in [0.15, 0.2) is 46.3 Å². The molecule has 2 saturated heterocycles. The lowest BCUT2D eigenvalue weighted by atomic mass is 10.2. The fourth-order valence-electron chi connectivity index (χ4n) is 4.04. The quantitative estimate of drug-likeness (QED) is 0.375. The lowest BCUT2D eigenvalue weighted by molar-refractivity contribution is 0.213. The van der Waals surface area contributed by atoms with Gasteiger partial charge in [0.05, 0.1) is 12.3 Å². The van der Waals surface area contributed by atoms with Gasteiger partial charge in [-0.05, 0) is 44.1 Å². The molecular formula is C20H30IN7O. The number of hydrogen-bond acceptors (Lipinski definition) is 6. The Bertz CT molecular complexity index is 741. The molecule has 2 fully saturated rings. The number of piperazine rings is 1. The highest BCUT2D eigenvalue weighted by molar-refractivity contribution is 14.0. The molecule has 1 unspecified atom stereocenters. The maximum absolute atomic E-state index is 5.73. The number of likely N-dealkylation sites (tertiary alicyclic amines) is 1. The third-order valence-electron chi connectivity index (χ3n) is 5.53. The van der Waals surface area contributed by atoms with E-state index in [9.17, 15) is 0 Å². The van der Waals surface area contributed by atoms with Crippen LogP contribution in [-0.4, -0.2) is 78.6 Å². The van der Waals surface area contributed by atoms with E-state index in [2.05, 4.69) is 41.0 Å². The van der Waals surface area contributed by atoms with Crippen LogP contribution in [-0.2, 0) is 0 Å². The van der Waals surface area contributed by atoms with Gasteiger partial charge in [-0.1, -0.05) is 0 Å². The lowest BCUT2D eigenvalue weighted by Gasteiger charge is -2.37. The van der Waals surface area contributed by atoms with Gasteiger partial charge in [0.2, 0.25) is 5.95 Å². The van der Waals surface area contributed by atoms with Crippen LogP contribution in [0.2, 0.25) is 0 Å². The van der Waals surface area contributed by atoms with Crippen LogP contribution in [0.5, 0.6) is 0 Å². The standard InChI is InChI=1S/C20H29N7O.HI/c1-21-19(26-11-13-27(14-12-26)20-22-7-5-8-23-20)24-16-17(18-6-4-15-28-18)25-9-2-3-10-25;/h4-8,15,17H,2-3,9-14,16H2,1H3,(H,21,24);1H. The molecule has 0 aliphatic carbocycles. The Hall–Kier alpha value is -1.88. The van der Waals surface area contributed by atoms with E-state index in [0.717, 1.165) is 63.5 Å². The summed E-state index contributed by atoms with van der Waals surface area (Å²) in [6.45, 7) is 6.61. The maximum atomic E-state index is 5.73. The van der Waals surface area contributed by atoms with Crippen LogP contribution in [0.25, 0.3) is 0 Å². The van der Waals surface area contributed by atoms with E-state index in [1.54, 1.807) is 18.7 Å². The summed E-state index contributed by atoms with van der Waals surface area (Å²) in [4.78, 5) is 20.3. The molecule has 0 saturated carbocycles. The molecule has 0 radical (unpaired) electrons. The van der Waals surface area contributed by atoms with Crippen LogP contribution < -0.4 is 10.2 Å². The molecule has 1 N–H and O–H groups in total. The van der Waals surface area contributed by atoms with E-state index < -0.39 is 0 Å². The minimum Gasteiger partial charge on any atom is -0.468 e. The Balaban J connectivity index is 0.00000240. The van der Waals surface area contributed by atoms with Crippen LogP contribution in [0.3, 0.4) is 0 Å². The van der Waals surface area contributed by atoms with Gasteiger partial charge in [-0.2, -0.15) is 0 Å². The number of nitrogens with one attached hydrogen (secondary N) is 1. The first-order chi connectivity index (χ1) is 13.8. The molecule has 158 valence electrons. The van der Waals surface area contributed by atoms with E-state index in [4.69, 9.17) is 4.42 Å².